The van der Waals surface area contributed by atoms with Gasteiger partial charge in [-0.05, 0) is 43.2 Å². The Morgan fingerprint density at radius 2 is 2.03 bits per heavy atom. The van der Waals surface area contributed by atoms with Gasteiger partial charge in [0.15, 0.2) is 5.96 Å². The zero-order valence-corrected chi connectivity index (χ0v) is 19.8. The Labute approximate surface area is 195 Å². The quantitative estimate of drug-likeness (QED) is 0.329. The van der Waals surface area contributed by atoms with Crippen molar-refractivity contribution in [3.8, 4) is 11.8 Å². The van der Waals surface area contributed by atoms with Gasteiger partial charge in [0, 0.05) is 25.1 Å². The third kappa shape index (κ3) is 7.18. The fraction of sp³-hybridized carbons (Fsp3) is 0.391. The largest absolute Gasteiger partial charge is 0.488 e. The fourth-order valence-electron chi connectivity index (χ4n) is 3.08. The number of nitrogens with zero attached hydrogens (tertiary/aromatic N) is 2. The van der Waals surface area contributed by atoms with Gasteiger partial charge >= 0.3 is 0 Å². The van der Waals surface area contributed by atoms with E-state index in [1.54, 1.807) is 0 Å². The van der Waals surface area contributed by atoms with Gasteiger partial charge in [0.2, 0.25) is 0 Å². The van der Waals surface area contributed by atoms with Crippen LogP contribution in [0.2, 0.25) is 0 Å². The smallest absolute Gasteiger partial charge is 0.191 e. The molecule has 0 radical (unpaired) electrons. The van der Waals surface area contributed by atoms with E-state index in [2.05, 4.69) is 46.8 Å². The Morgan fingerprint density at radius 1 is 1.23 bits per heavy atom. The number of aliphatic imine (C=N–C) groups is 1. The first-order chi connectivity index (χ1) is 14.2. The van der Waals surface area contributed by atoms with Gasteiger partial charge in [-0.1, -0.05) is 24.3 Å². The molecule has 160 valence electrons. The molecule has 7 heteroatoms. The number of hydrogen-bond acceptors (Lipinski definition) is 4. The lowest BCUT2D eigenvalue weighted by Crippen LogP contribution is -2.37. The van der Waals surface area contributed by atoms with Crippen LogP contribution in [0.3, 0.4) is 0 Å². The predicted octanol–water partition coefficient (Wildman–Crippen LogP) is 3.91. The zero-order valence-electron chi connectivity index (χ0n) is 17.5. The highest BCUT2D eigenvalue weighted by molar-refractivity contribution is 14.0. The van der Waals surface area contributed by atoms with Crippen LogP contribution in [0.25, 0.3) is 0 Å². The molecule has 2 N–H and O–H groups in total. The average Bonchev–Trinajstić information content (AvgIpc) is 3.24. The van der Waals surface area contributed by atoms with E-state index in [0.29, 0.717) is 25.3 Å². The van der Waals surface area contributed by atoms with Crippen LogP contribution in [0, 0.1) is 18.3 Å². The number of hydrogen-bond donors (Lipinski definition) is 2. The lowest BCUT2D eigenvalue weighted by Gasteiger charge is -2.18. The van der Waals surface area contributed by atoms with Gasteiger partial charge in [-0.3, -0.25) is 0 Å². The number of aryl methyl sites for hydroxylation is 1. The summed E-state index contributed by atoms with van der Waals surface area (Å²) < 4.78 is 11.6. The van der Waals surface area contributed by atoms with Crippen LogP contribution in [0.4, 0.5) is 0 Å². The molecule has 0 aromatic heterocycles. The molecule has 1 aliphatic heterocycles. The van der Waals surface area contributed by atoms with E-state index in [4.69, 9.17) is 14.7 Å². The molecule has 0 spiro atoms. The zero-order chi connectivity index (χ0) is 20.5. The van der Waals surface area contributed by atoms with Crippen LogP contribution in [0.15, 0.2) is 47.5 Å². The summed E-state index contributed by atoms with van der Waals surface area (Å²) in [5.74, 6) is 1.64. The summed E-state index contributed by atoms with van der Waals surface area (Å²) in [6, 6.07) is 15.9. The van der Waals surface area contributed by atoms with E-state index < -0.39 is 0 Å². The topological polar surface area (TPSA) is 78.7 Å². The molecule has 30 heavy (non-hydrogen) atoms. The van der Waals surface area contributed by atoms with Gasteiger partial charge in [-0.2, -0.15) is 5.26 Å². The van der Waals surface area contributed by atoms with Crippen LogP contribution < -0.4 is 15.4 Å². The number of rotatable bonds is 7. The number of guanidine groups is 1. The van der Waals surface area contributed by atoms with Crippen LogP contribution >= 0.6 is 24.0 Å². The third-order valence-electron chi connectivity index (χ3n) is 4.70. The Balaban J connectivity index is 0.00000320. The molecule has 1 heterocycles. The number of nitrogens with one attached hydrogen (secondary N) is 2. The summed E-state index contributed by atoms with van der Waals surface area (Å²) in [6.45, 7) is 7.44. The Hall–Kier alpha value is -2.31. The Morgan fingerprint density at radius 3 is 2.70 bits per heavy atom. The molecule has 0 saturated carbocycles. The van der Waals surface area contributed by atoms with Gasteiger partial charge in [-0.25, -0.2) is 4.99 Å². The SMILES string of the molecule is CCNC(=NCc1ccc(C#N)cc1)NCc1ccc(C)cc1OC1CCOC1.I. The van der Waals surface area contributed by atoms with E-state index in [9.17, 15) is 0 Å². The maximum Gasteiger partial charge on any atom is 0.191 e. The standard InChI is InChI=1S/C23H28N4O2.HI/c1-3-25-23(26-14-19-7-5-18(13-24)6-8-19)27-15-20-9-4-17(2)12-22(20)29-21-10-11-28-16-21;/h4-9,12,21H,3,10-11,14-16H2,1-2H3,(H2,25,26,27);1H. The van der Waals surface area contributed by atoms with Gasteiger partial charge < -0.3 is 20.1 Å². The minimum absolute atomic E-state index is 0. The summed E-state index contributed by atoms with van der Waals surface area (Å²) in [4.78, 5) is 4.66. The third-order valence-corrected chi connectivity index (χ3v) is 4.70. The Bertz CT molecular complexity index is 872. The lowest BCUT2D eigenvalue weighted by atomic mass is 10.1. The van der Waals surface area contributed by atoms with Crippen LogP contribution in [-0.2, 0) is 17.8 Å². The maximum absolute atomic E-state index is 8.91. The average molecular weight is 520 g/mol. The summed E-state index contributed by atoms with van der Waals surface area (Å²) in [5.41, 5.74) is 3.97. The van der Waals surface area contributed by atoms with E-state index in [1.807, 2.05) is 31.2 Å². The van der Waals surface area contributed by atoms with Crippen molar-refractivity contribution in [3.05, 3.63) is 64.7 Å². The highest BCUT2D eigenvalue weighted by Gasteiger charge is 2.18. The summed E-state index contributed by atoms with van der Waals surface area (Å²) >= 11 is 0. The van der Waals surface area contributed by atoms with Gasteiger partial charge in [-0.15, -0.1) is 24.0 Å². The summed E-state index contributed by atoms with van der Waals surface area (Å²) in [6.07, 6.45) is 1.05. The van der Waals surface area contributed by atoms with E-state index in [1.165, 1.54) is 5.56 Å². The lowest BCUT2D eigenvalue weighted by molar-refractivity contribution is 0.140. The second-order valence-corrected chi connectivity index (χ2v) is 7.07. The molecular formula is C23H29IN4O2. The van der Waals surface area contributed by atoms with Crippen molar-refractivity contribution in [2.45, 2.75) is 39.5 Å². The first-order valence-electron chi connectivity index (χ1n) is 10.0. The molecule has 1 aliphatic rings. The molecular weight excluding hydrogens is 491 g/mol. The fourth-order valence-corrected chi connectivity index (χ4v) is 3.08. The van der Waals surface area contributed by atoms with Crippen LogP contribution in [0.5, 0.6) is 5.75 Å². The second kappa shape index (κ2) is 12.4. The molecule has 2 aromatic carbocycles. The first kappa shape index (κ1) is 24.0. The molecule has 6 nitrogen and oxygen atoms in total. The van der Waals surface area contributed by atoms with E-state index in [-0.39, 0.29) is 30.1 Å². The van der Waals surface area contributed by atoms with Crippen molar-refractivity contribution in [2.24, 2.45) is 4.99 Å². The molecule has 1 saturated heterocycles. The summed E-state index contributed by atoms with van der Waals surface area (Å²) in [5, 5.41) is 15.6. The highest BCUT2D eigenvalue weighted by atomic mass is 127. The van der Waals surface area contributed by atoms with Crippen molar-refractivity contribution >= 4 is 29.9 Å². The van der Waals surface area contributed by atoms with Gasteiger partial charge in [0.05, 0.1) is 31.4 Å². The van der Waals surface area contributed by atoms with Crippen molar-refractivity contribution in [3.63, 3.8) is 0 Å². The van der Waals surface area contributed by atoms with E-state index >= 15 is 0 Å². The number of benzene rings is 2. The predicted molar refractivity (Wildman–Crippen MR) is 129 cm³/mol. The maximum atomic E-state index is 8.91. The molecule has 3 rings (SSSR count). The molecule has 0 bridgehead atoms. The van der Waals surface area contributed by atoms with Gasteiger partial charge in [0.1, 0.15) is 11.9 Å². The minimum atomic E-state index is 0. The number of nitriles is 1. The number of ether oxygens (including phenoxy) is 2. The molecule has 1 atom stereocenters. The van der Waals surface area contributed by atoms with Crippen molar-refractivity contribution in [1.82, 2.24) is 10.6 Å². The summed E-state index contributed by atoms with van der Waals surface area (Å²) in [7, 11) is 0. The monoisotopic (exact) mass is 520 g/mol. The molecule has 0 amide bonds. The van der Waals surface area contributed by atoms with Gasteiger partial charge in [0.25, 0.3) is 0 Å². The normalized spacial score (nSPS) is 15.8. The molecule has 0 aliphatic carbocycles. The molecule has 2 aromatic rings. The van der Waals surface area contributed by atoms with Crippen LogP contribution in [0.1, 0.15) is 35.6 Å². The molecule has 1 fully saturated rings. The van der Waals surface area contributed by atoms with Crippen LogP contribution in [-0.4, -0.2) is 31.8 Å². The number of halogens is 1. The molecule has 1 unspecified atom stereocenters. The highest BCUT2D eigenvalue weighted by Crippen LogP contribution is 2.23. The van der Waals surface area contributed by atoms with Crippen molar-refractivity contribution in [2.75, 3.05) is 19.8 Å². The second-order valence-electron chi connectivity index (χ2n) is 7.07. The first-order valence-corrected chi connectivity index (χ1v) is 10.0. The van der Waals surface area contributed by atoms with E-state index in [0.717, 1.165) is 42.4 Å². The Kier molecular flexibility index (Phi) is 9.91. The minimum Gasteiger partial charge on any atom is -0.488 e. The van der Waals surface area contributed by atoms with Crippen molar-refractivity contribution < 1.29 is 9.47 Å². The van der Waals surface area contributed by atoms with Crippen molar-refractivity contribution in [1.29, 1.82) is 5.26 Å².